The van der Waals surface area contributed by atoms with Crippen LogP contribution >= 0.6 is 0 Å². The topological polar surface area (TPSA) is 56.5 Å². The Morgan fingerprint density at radius 3 is 2.31 bits per heavy atom. The lowest BCUT2D eigenvalue weighted by molar-refractivity contribution is -0.137. The van der Waals surface area contributed by atoms with E-state index in [0.29, 0.717) is 11.0 Å². The summed E-state index contributed by atoms with van der Waals surface area (Å²) in [7, 11) is -0.697. The number of anilines is 1. The van der Waals surface area contributed by atoms with E-state index in [0.717, 1.165) is 17.7 Å². The van der Waals surface area contributed by atoms with Crippen molar-refractivity contribution in [2.75, 3.05) is 5.32 Å². The lowest BCUT2D eigenvalue weighted by Gasteiger charge is -2.32. The fourth-order valence-electron chi connectivity index (χ4n) is 3.54. The Labute approximate surface area is 183 Å². The van der Waals surface area contributed by atoms with Crippen LogP contribution in [0.1, 0.15) is 44.4 Å². The molecule has 5 nitrogen and oxygen atoms in total. The number of hydrogen-bond donors (Lipinski definition) is 1. The zero-order valence-corrected chi connectivity index (χ0v) is 18.4. The van der Waals surface area contributed by atoms with Crippen LogP contribution in [-0.2, 0) is 22.0 Å². The molecule has 1 aromatic heterocycles. The third-order valence-electron chi connectivity index (χ3n) is 6.19. The first-order valence-electron chi connectivity index (χ1n) is 10.1. The number of halogens is 4. The van der Waals surface area contributed by atoms with Gasteiger partial charge in [-0.05, 0) is 64.3 Å². The summed E-state index contributed by atoms with van der Waals surface area (Å²) >= 11 is 0. The Balaban J connectivity index is 1.56. The molecule has 3 aromatic rings. The number of rotatable bonds is 4. The maximum atomic E-state index is 14.9. The Morgan fingerprint density at radius 2 is 1.69 bits per heavy atom. The van der Waals surface area contributed by atoms with E-state index in [1.807, 2.05) is 34.6 Å². The zero-order chi connectivity index (χ0) is 23.5. The smallest absolute Gasteiger partial charge is 0.399 e. The van der Waals surface area contributed by atoms with E-state index in [4.69, 9.17) is 13.8 Å². The number of alkyl halides is 3. The van der Waals surface area contributed by atoms with Gasteiger partial charge in [0.25, 0.3) is 0 Å². The average molecular weight is 450 g/mol. The second-order valence-corrected chi connectivity index (χ2v) is 8.98. The van der Waals surface area contributed by atoms with Gasteiger partial charge in [-0.15, -0.1) is 0 Å². The Hall–Kier alpha value is -2.59. The van der Waals surface area contributed by atoms with Gasteiger partial charge in [0.2, 0.25) is 0 Å². The summed E-state index contributed by atoms with van der Waals surface area (Å²) in [6.45, 7) is 9.51. The Bertz CT molecular complexity index is 1160. The van der Waals surface area contributed by atoms with Gasteiger partial charge in [-0.1, -0.05) is 16.8 Å². The normalized spacial score (nSPS) is 17.8. The van der Waals surface area contributed by atoms with E-state index >= 15 is 0 Å². The molecule has 0 amide bonds. The van der Waals surface area contributed by atoms with E-state index in [9.17, 15) is 17.6 Å². The van der Waals surface area contributed by atoms with Crippen LogP contribution in [0.2, 0.25) is 0 Å². The highest BCUT2D eigenvalue weighted by Gasteiger charge is 2.52. The van der Waals surface area contributed by atoms with Crippen molar-refractivity contribution in [1.29, 1.82) is 0 Å². The number of aryl methyl sites for hydroxylation is 1. The molecule has 32 heavy (non-hydrogen) atoms. The maximum Gasteiger partial charge on any atom is 0.495 e. The lowest BCUT2D eigenvalue weighted by Crippen LogP contribution is -2.41. The van der Waals surface area contributed by atoms with Crippen LogP contribution < -0.4 is 10.8 Å². The monoisotopic (exact) mass is 450 g/mol. The number of benzene rings is 2. The summed E-state index contributed by atoms with van der Waals surface area (Å²) in [5.41, 5.74) is -0.0318. The number of nitrogens with one attached hydrogen (secondary N) is 1. The van der Waals surface area contributed by atoms with Crippen LogP contribution in [-0.4, -0.2) is 23.5 Å². The second-order valence-electron chi connectivity index (χ2n) is 8.98. The molecule has 0 unspecified atom stereocenters. The van der Waals surface area contributed by atoms with Crippen LogP contribution in [0.3, 0.4) is 0 Å². The van der Waals surface area contributed by atoms with Gasteiger partial charge in [0.15, 0.2) is 11.4 Å². The molecule has 4 rings (SSSR count). The molecule has 170 valence electrons. The molecule has 1 N–H and O–H groups in total. The molecule has 0 aliphatic carbocycles. The summed E-state index contributed by atoms with van der Waals surface area (Å²) < 4.78 is 71.1. The van der Waals surface area contributed by atoms with Crippen molar-refractivity contribution in [2.45, 2.75) is 58.5 Å². The first-order chi connectivity index (χ1) is 14.8. The highest BCUT2D eigenvalue weighted by molar-refractivity contribution is 6.62. The van der Waals surface area contributed by atoms with E-state index in [2.05, 4.69) is 10.5 Å². The molecule has 0 radical (unpaired) electrons. The van der Waals surface area contributed by atoms with Gasteiger partial charge in [0.1, 0.15) is 5.82 Å². The highest BCUT2D eigenvalue weighted by atomic mass is 19.4. The molecule has 1 aliphatic heterocycles. The van der Waals surface area contributed by atoms with Gasteiger partial charge in [-0.25, -0.2) is 4.39 Å². The highest BCUT2D eigenvalue weighted by Crippen LogP contribution is 2.37. The van der Waals surface area contributed by atoms with E-state index in [1.165, 1.54) is 12.1 Å². The molecule has 0 bridgehead atoms. The summed E-state index contributed by atoms with van der Waals surface area (Å²) in [4.78, 5) is 0. The van der Waals surface area contributed by atoms with Crippen molar-refractivity contribution in [3.63, 3.8) is 0 Å². The van der Waals surface area contributed by atoms with Crippen LogP contribution in [0.15, 0.2) is 34.9 Å². The molecule has 2 heterocycles. The summed E-state index contributed by atoms with van der Waals surface area (Å²) in [6.07, 6.45) is -4.49. The van der Waals surface area contributed by atoms with E-state index in [-0.39, 0.29) is 23.3 Å². The second kappa shape index (κ2) is 7.49. The zero-order valence-electron chi connectivity index (χ0n) is 18.4. The molecule has 0 spiro atoms. The quantitative estimate of drug-likeness (QED) is 0.437. The molecule has 1 fully saturated rings. The van der Waals surface area contributed by atoms with Crippen molar-refractivity contribution in [3.05, 3.63) is 52.8 Å². The van der Waals surface area contributed by atoms with Crippen molar-refractivity contribution < 1.29 is 31.4 Å². The molecule has 1 saturated heterocycles. The summed E-state index contributed by atoms with van der Waals surface area (Å²) in [5.74, 6) is -0.380. The third-order valence-corrected chi connectivity index (χ3v) is 6.19. The van der Waals surface area contributed by atoms with Crippen LogP contribution in [0.25, 0.3) is 11.0 Å². The van der Waals surface area contributed by atoms with Crippen molar-refractivity contribution >= 4 is 29.4 Å². The standard InChI is InChI=1S/C22H23BF4N2O3/c1-12-8-13(17(24)10-16(12)23-31-20(2,3)21(4,5)32-23)11-28-19-15-9-14(22(25,26)27)6-7-18(15)30-29-19/h6-10H,11H2,1-5H3,(H,28,29). The molecule has 1 aliphatic rings. The van der Waals surface area contributed by atoms with Crippen molar-refractivity contribution in [1.82, 2.24) is 5.16 Å². The fourth-order valence-corrected chi connectivity index (χ4v) is 3.54. The SMILES string of the molecule is Cc1cc(CNc2noc3ccc(C(F)(F)F)cc23)c(F)cc1B1OC(C)(C)C(C)(C)O1. The van der Waals surface area contributed by atoms with Crippen LogP contribution in [0.5, 0.6) is 0 Å². The summed E-state index contributed by atoms with van der Waals surface area (Å²) in [5, 5.41) is 6.83. The number of nitrogens with zero attached hydrogens (tertiary/aromatic N) is 1. The van der Waals surface area contributed by atoms with Gasteiger partial charge >= 0.3 is 13.3 Å². The van der Waals surface area contributed by atoms with Gasteiger partial charge in [-0.2, -0.15) is 13.2 Å². The van der Waals surface area contributed by atoms with Crippen LogP contribution in [0.4, 0.5) is 23.4 Å². The van der Waals surface area contributed by atoms with Crippen molar-refractivity contribution in [3.8, 4) is 0 Å². The first kappa shape index (κ1) is 22.6. The lowest BCUT2D eigenvalue weighted by atomic mass is 9.75. The minimum absolute atomic E-state index is 0.00813. The number of hydrogen-bond acceptors (Lipinski definition) is 5. The fraction of sp³-hybridized carbons (Fsp3) is 0.409. The molecule has 10 heteroatoms. The van der Waals surface area contributed by atoms with Crippen molar-refractivity contribution in [2.24, 2.45) is 0 Å². The average Bonchev–Trinajstić information content (AvgIpc) is 3.18. The number of aromatic nitrogens is 1. The van der Waals surface area contributed by atoms with E-state index in [1.54, 1.807) is 6.07 Å². The molecular formula is C22H23BF4N2O3. The third kappa shape index (κ3) is 3.97. The first-order valence-corrected chi connectivity index (χ1v) is 10.1. The Morgan fingerprint density at radius 1 is 1.03 bits per heavy atom. The molecule has 0 atom stereocenters. The Kier molecular flexibility index (Phi) is 5.29. The minimum atomic E-state index is -4.49. The van der Waals surface area contributed by atoms with E-state index < -0.39 is 35.9 Å². The molecule has 0 saturated carbocycles. The number of fused-ring (bicyclic) bond motifs is 1. The van der Waals surface area contributed by atoms with Gasteiger partial charge < -0.3 is 19.1 Å². The minimum Gasteiger partial charge on any atom is -0.399 e. The molecular weight excluding hydrogens is 427 g/mol. The van der Waals surface area contributed by atoms with Gasteiger partial charge in [0.05, 0.1) is 22.2 Å². The maximum absolute atomic E-state index is 14.9. The predicted octanol–water partition coefficient (Wildman–Crippen LogP) is 5.21. The molecule has 2 aromatic carbocycles. The van der Waals surface area contributed by atoms with Gasteiger partial charge in [0, 0.05) is 12.1 Å². The summed E-state index contributed by atoms with van der Waals surface area (Å²) in [6, 6.07) is 6.12. The van der Waals surface area contributed by atoms with Crippen LogP contribution in [0, 0.1) is 12.7 Å². The largest absolute Gasteiger partial charge is 0.495 e. The van der Waals surface area contributed by atoms with Gasteiger partial charge in [-0.3, -0.25) is 0 Å². The predicted molar refractivity (Wildman–Crippen MR) is 113 cm³/mol.